The minimum absolute atomic E-state index is 0.0280. The molecule has 2 amide bonds. The van der Waals surface area contributed by atoms with Crippen LogP contribution in [-0.4, -0.2) is 38.1 Å². The fraction of sp³-hybridized carbons (Fsp3) is 0.429. The van der Waals surface area contributed by atoms with Gasteiger partial charge >= 0.3 is 0 Å². The fourth-order valence-electron chi connectivity index (χ4n) is 2.28. The molecular formula is C14H19N3O3. The van der Waals surface area contributed by atoms with Crippen LogP contribution in [0.5, 0.6) is 0 Å². The highest BCUT2D eigenvalue weighted by Crippen LogP contribution is 2.20. The Bertz CT molecular complexity index is 530. The SMILES string of the molecule is CNC1COCC1C(=O)Nc1ccc(C(N)=O)cc1C. The third-order valence-corrected chi connectivity index (χ3v) is 3.56. The first-order valence-corrected chi connectivity index (χ1v) is 6.49. The van der Waals surface area contributed by atoms with Crippen LogP contribution in [0.15, 0.2) is 18.2 Å². The molecule has 0 aromatic heterocycles. The van der Waals surface area contributed by atoms with Crippen molar-refractivity contribution in [1.82, 2.24) is 5.32 Å². The van der Waals surface area contributed by atoms with Gasteiger partial charge in [-0.05, 0) is 37.7 Å². The molecule has 0 bridgehead atoms. The van der Waals surface area contributed by atoms with E-state index in [1.54, 1.807) is 18.2 Å². The van der Waals surface area contributed by atoms with Gasteiger partial charge in [0, 0.05) is 17.3 Å². The normalized spacial score (nSPS) is 21.7. The van der Waals surface area contributed by atoms with Crippen molar-refractivity contribution in [3.63, 3.8) is 0 Å². The molecule has 1 aliphatic heterocycles. The molecule has 2 rings (SSSR count). The Labute approximate surface area is 117 Å². The molecule has 0 spiro atoms. The van der Waals surface area contributed by atoms with Crippen molar-refractivity contribution in [2.75, 3.05) is 25.6 Å². The molecule has 6 nitrogen and oxygen atoms in total. The molecule has 1 aromatic rings. The molecule has 1 aromatic carbocycles. The van der Waals surface area contributed by atoms with E-state index in [1.165, 1.54) is 0 Å². The summed E-state index contributed by atoms with van der Waals surface area (Å²) in [4.78, 5) is 23.3. The lowest BCUT2D eigenvalue weighted by Gasteiger charge is -2.17. The smallest absolute Gasteiger partial charge is 0.248 e. The van der Waals surface area contributed by atoms with Crippen molar-refractivity contribution in [1.29, 1.82) is 0 Å². The molecule has 1 fully saturated rings. The van der Waals surface area contributed by atoms with Gasteiger partial charge in [-0.3, -0.25) is 9.59 Å². The van der Waals surface area contributed by atoms with Crippen molar-refractivity contribution in [3.05, 3.63) is 29.3 Å². The van der Waals surface area contributed by atoms with Gasteiger partial charge in [-0.15, -0.1) is 0 Å². The first kappa shape index (κ1) is 14.5. The summed E-state index contributed by atoms with van der Waals surface area (Å²) >= 11 is 0. The van der Waals surface area contributed by atoms with Gasteiger partial charge in [-0.25, -0.2) is 0 Å². The molecule has 6 heteroatoms. The number of benzene rings is 1. The largest absolute Gasteiger partial charge is 0.379 e. The standard InChI is InChI=1S/C14H19N3O3/c1-8-5-9(13(15)18)3-4-11(8)17-14(19)10-6-20-7-12(10)16-2/h3-5,10,12,16H,6-7H2,1-2H3,(H2,15,18)(H,17,19). The molecule has 2 atom stereocenters. The van der Waals surface area contributed by atoms with Gasteiger partial charge in [0.25, 0.3) is 0 Å². The van der Waals surface area contributed by atoms with Crippen molar-refractivity contribution in [2.45, 2.75) is 13.0 Å². The van der Waals surface area contributed by atoms with E-state index in [4.69, 9.17) is 10.5 Å². The Morgan fingerprint density at radius 2 is 2.10 bits per heavy atom. The van der Waals surface area contributed by atoms with Gasteiger partial charge < -0.3 is 21.1 Å². The number of likely N-dealkylation sites (N-methyl/N-ethyl adjacent to an activating group) is 1. The number of hydrogen-bond donors (Lipinski definition) is 3. The van der Waals surface area contributed by atoms with Crippen molar-refractivity contribution in [3.8, 4) is 0 Å². The number of nitrogens with two attached hydrogens (primary N) is 1. The summed E-state index contributed by atoms with van der Waals surface area (Å²) in [5.41, 5.74) is 7.13. The number of ether oxygens (including phenoxy) is 1. The van der Waals surface area contributed by atoms with Crippen molar-refractivity contribution >= 4 is 17.5 Å². The van der Waals surface area contributed by atoms with Crippen molar-refractivity contribution in [2.24, 2.45) is 11.7 Å². The Morgan fingerprint density at radius 1 is 1.35 bits per heavy atom. The summed E-state index contributed by atoms with van der Waals surface area (Å²) in [6, 6.07) is 4.99. The molecule has 108 valence electrons. The minimum Gasteiger partial charge on any atom is -0.379 e. The highest BCUT2D eigenvalue weighted by atomic mass is 16.5. The van der Waals surface area contributed by atoms with Gasteiger partial charge in [-0.1, -0.05) is 0 Å². The van der Waals surface area contributed by atoms with Crippen LogP contribution in [0.4, 0.5) is 5.69 Å². The molecule has 1 heterocycles. The lowest BCUT2D eigenvalue weighted by molar-refractivity contribution is -0.120. The zero-order chi connectivity index (χ0) is 14.7. The third kappa shape index (κ3) is 2.97. The number of carbonyl (C=O) groups is 2. The first-order valence-electron chi connectivity index (χ1n) is 6.49. The second kappa shape index (κ2) is 6.02. The predicted molar refractivity (Wildman–Crippen MR) is 75.5 cm³/mol. The van der Waals surface area contributed by atoms with Crippen LogP contribution in [0.1, 0.15) is 15.9 Å². The monoisotopic (exact) mass is 277 g/mol. The molecule has 0 saturated carbocycles. The number of nitrogens with one attached hydrogen (secondary N) is 2. The Balaban J connectivity index is 2.10. The minimum atomic E-state index is -0.481. The van der Waals surface area contributed by atoms with E-state index in [1.807, 2.05) is 14.0 Å². The van der Waals surface area contributed by atoms with E-state index in [2.05, 4.69) is 10.6 Å². The second-order valence-electron chi connectivity index (χ2n) is 4.92. The summed E-state index contributed by atoms with van der Waals surface area (Å²) in [6.45, 7) is 2.77. The summed E-state index contributed by atoms with van der Waals surface area (Å²) in [5, 5.41) is 5.94. The summed E-state index contributed by atoms with van der Waals surface area (Å²) in [6.07, 6.45) is 0. The van der Waals surface area contributed by atoms with Crippen LogP contribution < -0.4 is 16.4 Å². The van der Waals surface area contributed by atoms with Crippen LogP contribution in [0.25, 0.3) is 0 Å². The van der Waals surface area contributed by atoms with Gasteiger partial charge in [0.2, 0.25) is 11.8 Å². The maximum Gasteiger partial charge on any atom is 0.248 e. The summed E-state index contributed by atoms with van der Waals surface area (Å²) < 4.78 is 5.32. The Hall–Kier alpha value is -1.92. The molecule has 1 saturated heterocycles. The van der Waals surface area contributed by atoms with E-state index >= 15 is 0 Å². The van der Waals surface area contributed by atoms with Gasteiger partial charge in [0.05, 0.1) is 19.1 Å². The quantitative estimate of drug-likeness (QED) is 0.736. The average molecular weight is 277 g/mol. The average Bonchev–Trinajstić information content (AvgIpc) is 2.89. The van der Waals surface area contributed by atoms with Crippen LogP contribution in [-0.2, 0) is 9.53 Å². The molecule has 0 aliphatic carbocycles. The zero-order valence-corrected chi connectivity index (χ0v) is 11.6. The van der Waals surface area contributed by atoms with E-state index in [9.17, 15) is 9.59 Å². The number of rotatable bonds is 4. The van der Waals surface area contributed by atoms with E-state index in [-0.39, 0.29) is 17.9 Å². The molecule has 2 unspecified atom stereocenters. The maximum absolute atomic E-state index is 12.2. The third-order valence-electron chi connectivity index (χ3n) is 3.56. The topological polar surface area (TPSA) is 93.4 Å². The first-order chi connectivity index (χ1) is 9.52. The highest BCUT2D eigenvalue weighted by molar-refractivity contribution is 5.96. The predicted octanol–water partition coefficient (Wildman–Crippen LogP) is 0.267. The number of anilines is 1. The van der Waals surface area contributed by atoms with E-state index in [0.29, 0.717) is 24.5 Å². The fourth-order valence-corrected chi connectivity index (χ4v) is 2.28. The lowest BCUT2D eigenvalue weighted by Crippen LogP contribution is -2.39. The number of primary amides is 1. The number of amides is 2. The van der Waals surface area contributed by atoms with Gasteiger partial charge in [0.15, 0.2) is 0 Å². The maximum atomic E-state index is 12.2. The number of hydrogen-bond acceptors (Lipinski definition) is 4. The van der Waals surface area contributed by atoms with E-state index in [0.717, 1.165) is 5.56 Å². The van der Waals surface area contributed by atoms with Crippen LogP contribution in [0.2, 0.25) is 0 Å². The molecule has 20 heavy (non-hydrogen) atoms. The van der Waals surface area contributed by atoms with Crippen LogP contribution >= 0.6 is 0 Å². The molecule has 1 aliphatic rings. The van der Waals surface area contributed by atoms with Crippen LogP contribution in [0, 0.1) is 12.8 Å². The summed E-state index contributed by atoms with van der Waals surface area (Å²) in [7, 11) is 1.81. The second-order valence-corrected chi connectivity index (χ2v) is 4.92. The van der Waals surface area contributed by atoms with E-state index < -0.39 is 5.91 Å². The Kier molecular flexibility index (Phi) is 4.36. The lowest BCUT2D eigenvalue weighted by atomic mass is 10.0. The molecular weight excluding hydrogens is 258 g/mol. The van der Waals surface area contributed by atoms with Crippen LogP contribution in [0.3, 0.4) is 0 Å². The summed E-state index contributed by atoms with van der Waals surface area (Å²) in [5.74, 6) is -0.780. The molecule has 4 N–H and O–H groups in total. The van der Waals surface area contributed by atoms with Gasteiger partial charge in [-0.2, -0.15) is 0 Å². The highest BCUT2D eigenvalue weighted by Gasteiger charge is 2.33. The molecule has 0 radical (unpaired) electrons. The Morgan fingerprint density at radius 3 is 2.70 bits per heavy atom. The number of aryl methyl sites for hydroxylation is 1. The van der Waals surface area contributed by atoms with Gasteiger partial charge in [0.1, 0.15) is 0 Å². The van der Waals surface area contributed by atoms with Crippen molar-refractivity contribution < 1.29 is 14.3 Å². The number of carbonyl (C=O) groups excluding carboxylic acids is 2. The zero-order valence-electron chi connectivity index (χ0n) is 11.6.